The number of hydrogen-bond acceptors (Lipinski definition) is 4. The van der Waals surface area contributed by atoms with Crippen molar-refractivity contribution >= 4 is 12.1 Å². The van der Waals surface area contributed by atoms with Crippen LogP contribution in [-0.4, -0.2) is 23.7 Å². The monoisotopic (exact) mass is 389 g/mol. The van der Waals surface area contributed by atoms with Gasteiger partial charge in [0.25, 0.3) is 0 Å². The van der Waals surface area contributed by atoms with Crippen molar-refractivity contribution in [1.29, 1.82) is 0 Å². The molecule has 29 heavy (non-hydrogen) atoms. The third-order valence-electron chi connectivity index (χ3n) is 3.95. The number of furan rings is 1. The summed E-state index contributed by atoms with van der Waals surface area (Å²) in [7, 11) is 0. The van der Waals surface area contributed by atoms with Crippen LogP contribution in [-0.2, 0) is 11.3 Å². The Bertz CT molecular complexity index is 1030. The second-order valence-corrected chi connectivity index (χ2v) is 6.09. The Kier molecular flexibility index (Phi) is 6.69. The fourth-order valence-corrected chi connectivity index (χ4v) is 2.49. The van der Waals surface area contributed by atoms with Gasteiger partial charge in [0.05, 0.1) is 0 Å². The second kappa shape index (κ2) is 9.81. The Morgan fingerprint density at radius 2 is 1.76 bits per heavy atom. The van der Waals surface area contributed by atoms with Crippen LogP contribution in [0.1, 0.15) is 28.1 Å². The highest BCUT2D eigenvalue weighted by Gasteiger charge is 2.10. The highest BCUT2D eigenvalue weighted by atomic mass is 16.5. The number of carbonyl (C=O) groups excluding carboxylic acids is 1. The molecule has 0 fully saturated rings. The van der Waals surface area contributed by atoms with Crippen LogP contribution >= 0.6 is 0 Å². The van der Waals surface area contributed by atoms with Crippen LogP contribution in [0.25, 0.3) is 11.3 Å². The molecular formula is C23H19NO5. The lowest BCUT2D eigenvalue weighted by Crippen LogP contribution is -2.24. The van der Waals surface area contributed by atoms with E-state index in [2.05, 4.69) is 17.2 Å². The lowest BCUT2D eigenvalue weighted by molar-refractivity contribution is 0.0663. The van der Waals surface area contributed by atoms with Gasteiger partial charge in [0, 0.05) is 24.1 Å². The number of carbonyl (C=O) groups is 2. The van der Waals surface area contributed by atoms with E-state index in [1.807, 2.05) is 54.6 Å². The lowest BCUT2D eigenvalue weighted by Gasteiger charge is -2.05. The Labute approximate surface area is 168 Å². The Hall–Kier alpha value is -3.98. The summed E-state index contributed by atoms with van der Waals surface area (Å²) in [6.07, 6.45) is 0.0155. The fourth-order valence-electron chi connectivity index (χ4n) is 2.49. The molecule has 0 bridgehead atoms. The second-order valence-electron chi connectivity index (χ2n) is 6.09. The number of hydrogen-bond donors (Lipinski definition) is 2. The summed E-state index contributed by atoms with van der Waals surface area (Å²) in [4.78, 5) is 22.5. The zero-order chi connectivity index (χ0) is 20.5. The number of aromatic carboxylic acids is 1. The molecule has 0 saturated heterocycles. The van der Waals surface area contributed by atoms with Gasteiger partial charge in [-0.1, -0.05) is 54.3 Å². The molecular weight excluding hydrogens is 370 g/mol. The summed E-state index contributed by atoms with van der Waals surface area (Å²) in [6, 6.07) is 19.8. The van der Waals surface area contributed by atoms with Crippen LogP contribution in [0.4, 0.5) is 4.79 Å². The maximum absolute atomic E-state index is 11.6. The smallest absolute Gasteiger partial charge is 0.407 e. The predicted octanol–water partition coefficient (Wildman–Crippen LogP) is 4.31. The minimum Gasteiger partial charge on any atom is -0.475 e. The van der Waals surface area contributed by atoms with E-state index in [1.54, 1.807) is 6.07 Å². The molecule has 1 aromatic heterocycles. The molecule has 6 nitrogen and oxygen atoms in total. The van der Waals surface area contributed by atoms with Crippen molar-refractivity contribution in [3.63, 3.8) is 0 Å². The van der Waals surface area contributed by atoms with Crippen molar-refractivity contribution in [2.24, 2.45) is 0 Å². The van der Waals surface area contributed by atoms with Gasteiger partial charge in [-0.15, -0.1) is 0 Å². The van der Waals surface area contributed by atoms with E-state index < -0.39 is 12.1 Å². The third kappa shape index (κ3) is 6.01. The molecule has 0 aliphatic heterocycles. The number of rotatable bonds is 6. The number of nitrogens with one attached hydrogen (secondary N) is 1. The van der Waals surface area contributed by atoms with Gasteiger partial charge in [-0.3, -0.25) is 0 Å². The average Bonchev–Trinajstić information content (AvgIpc) is 3.24. The van der Waals surface area contributed by atoms with Crippen LogP contribution < -0.4 is 5.32 Å². The first-order valence-electron chi connectivity index (χ1n) is 8.99. The molecule has 3 aromatic rings. The first-order chi connectivity index (χ1) is 14.1. The van der Waals surface area contributed by atoms with Crippen molar-refractivity contribution in [2.45, 2.75) is 13.0 Å². The van der Waals surface area contributed by atoms with E-state index in [0.717, 1.165) is 16.7 Å². The standard InChI is InChI=1S/C23H19NO5/c25-22(26)21-14-13-20(29-21)19-11-9-17(10-12-19)6-4-5-15-24-23(27)28-16-18-7-2-1-3-8-18/h1-3,7-14H,5,15-16H2,(H,24,27)(H,25,26). The first-order valence-corrected chi connectivity index (χ1v) is 8.99. The molecule has 2 N–H and O–H groups in total. The molecule has 6 heteroatoms. The minimum absolute atomic E-state index is 0.0985. The number of benzene rings is 2. The SMILES string of the molecule is O=C(NCCC#Cc1ccc(-c2ccc(C(=O)O)o2)cc1)OCc1ccccc1. The summed E-state index contributed by atoms with van der Waals surface area (Å²) in [5.74, 6) is 5.29. The Balaban J connectivity index is 1.42. The summed E-state index contributed by atoms with van der Waals surface area (Å²) in [5, 5.41) is 11.6. The summed E-state index contributed by atoms with van der Waals surface area (Å²) < 4.78 is 10.4. The van der Waals surface area contributed by atoms with Gasteiger partial charge in [-0.25, -0.2) is 9.59 Å². The number of carboxylic acid groups (broad SMARTS) is 1. The molecule has 3 rings (SSSR count). The van der Waals surface area contributed by atoms with Gasteiger partial charge in [-0.05, 0) is 29.8 Å². The Morgan fingerprint density at radius 3 is 2.45 bits per heavy atom. The number of carboxylic acids is 1. The molecule has 0 aliphatic carbocycles. The molecule has 2 aromatic carbocycles. The highest BCUT2D eigenvalue weighted by Crippen LogP contribution is 2.22. The van der Waals surface area contributed by atoms with Crippen LogP contribution in [0.3, 0.4) is 0 Å². The van der Waals surface area contributed by atoms with Crippen LogP contribution in [0, 0.1) is 11.8 Å². The summed E-state index contributed by atoms with van der Waals surface area (Å²) in [5.41, 5.74) is 2.51. The van der Waals surface area contributed by atoms with Crippen LogP contribution in [0.2, 0.25) is 0 Å². The lowest BCUT2D eigenvalue weighted by atomic mass is 10.1. The molecule has 0 unspecified atom stereocenters. The number of amides is 1. The van der Waals surface area contributed by atoms with E-state index in [-0.39, 0.29) is 12.4 Å². The highest BCUT2D eigenvalue weighted by molar-refractivity contribution is 5.85. The van der Waals surface area contributed by atoms with E-state index >= 15 is 0 Å². The van der Waals surface area contributed by atoms with Gasteiger partial charge in [0.1, 0.15) is 12.4 Å². The van der Waals surface area contributed by atoms with Gasteiger partial charge in [0.2, 0.25) is 5.76 Å². The van der Waals surface area contributed by atoms with Crippen molar-refractivity contribution in [1.82, 2.24) is 5.32 Å². The molecule has 0 radical (unpaired) electrons. The Morgan fingerprint density at radius 1 is 1.00 bits per heavy atom. The van der Waals surface area contributed by atoms with Crippen molar-refractivity contribution in [3.8, 4) is 23.2 Å². The van der Waals surface area contributed by atoms with Crippen molar-refractivity contribution < 1.29 is 23.8 Å². The quantitative estimate of drug-likeness (QED) is 0.484. The molecule has 1 amide bonds. The largest absolute Gasteiger partial charge is 0.475 e. The summed E-state index contributed by atoms with van der Waals surface area (Å²) >= 11 is 0. The topological polar surface area (TPSA) is 88.8 Å². The van der Waals surface area contributed by atoms with Gasteiger partial charge in [-0.2, -0.15) is 0 Å². The molecule has 0 atom stereocenters. The van der Waals surface area contributed by atoms with Crippen LogP contribution in [0.15, 0.2) is 71.1 Å². The minimum atomic E-state index is -1.10. The van der Waals surface area contributed by atoms with E-state index in [9.17, 15) is 9.59 Å². The predicted molar refractivity (Wildman–Crippen MR) is 107 cm³/mol. The molecule has 1 heterocycles. The zero-order valence-electron chi connectivity index (χ0n) is 15.6. The fraction of sp³-hybridized carbons (Fsp3) is 0.130. The normalized spacial score (nSPS) is 9.93. The number of alkyl carbamates (subject to hydrolysis) is 1. The van der Waals surface area contributed by atoms with Gasteiger partial charge in [0.15, 0.2) is 0 Å². The average molecular weight is 389 g/mol. The zero-order valence-corrected chi connectivity index (χ0v) is 15.6. The molecule has 146 valence electrons. The van der Waals surface area contributed by atoms with Gasteiger partial charge >= 0.3 is 12.1 Å². The maximum Gasteiger partial charge on any atom is 0.407 e. The molecule has 0 saturated carbocycles. The van der Waals surface area contributed by atoms with Crippen molar-refractivity contribution in [3.05, 3.63) is 83.6 Å². The van der Waals surface area contributed by atoms with Gasteiger partial charge < -0.3 is 19.6 Å². The van der Waals surface area contributed by atoms with E-state index in [1.165, 1.54) is 6.07 Å². The molecule has 0 spiro atoms. The maximum atomic E-state index is 11.6. The van der Waals surface area contributed by atoms with E-state index in [4.69, 9.17) is 14.3 Å². The van der Waals surface area contributed by atoms with Crippen LogP contribution in [0.5, 0.6) is 0 Å². The first kappa shape index (κ1) is 19.8. The summed E-state index contributed by atoms with van der Waals surface area (Å²) in [6.45, 7) is 0.622. The molecule has 0 aliphatic rings. The number of ether oxygens (including phenoxy) is 1. The van der Waals surface area contributed by atoms with E-state index in [0.29, 0.717) is 18.7 Å². The van der Waals surface area contributed by atoms with Crippen molar-refractivity contribution in [2.75, 3.05) is 6.54 Å². The third-order valence-corrected chi connectivity index (χ3v) is 3.95.